The lowest BCUT2D eigenvalue weighted by atomic mass is 9.73. The van der Waals surface area contributed by atoms with E-state index in [2.05, 4.69) is 63.7 Å². The summed E-state index contributed by atoms with van der Waals surface area (Å²) in [5, 5.41) is 3.78. The fourth-order valence-electron chi connectivity index (χ4n) is 4.85. The highest BCUT2D eigenvalue weighted by atomic mass is 79.9. The lowest BCUT2D eigenvalue weighted by Crippen LogP contribution is -2.40. The topological polar surface area (TPSA) is 21.3 Å². The number of ether oxygens (including phenoxy) is 1. The third-order valence-electron chi connectivity index (χ3n) is 5.77. The van der Waals surface area contributed by atoms with Gasteiger partial charge in [-0.1, -0.05) is 40.2 Å². The van der Waals surface area contributed by atoms with Gasteiger partial charge in [0.1, 0.15) is 11.5 Å². The first-order valence-electron chi connectivity index (χ1n) is 8.60. The Balaban J connectivity index is 1.62. The van der Waals surface area contributed by atoms with Crippen LogP contribution < -0.4 is 10.1 Å². The first-order valence-corrected chi connectivity index (χ1v) is 9.39. The van der Waals surface area contributed by atoms with Gasteiger partial charge in [0.25, 0.3) is 0 Å². The molecule has 2 aromatic rings. The summed E-state index contributed by atoms with van der Waals surface area (Å²) >= 11 is 3.59. The number of halogens is 1. The zero-order chi connectivity index (χ0) is 15.4. The maximum atomic E-state index is 6.20. The number of piperidine rings is 1. The molecule has 0 aliphatic carbocycles. The van der Waals surface area contributed by atoms with Crippen LogP contribution in [0.4, 0.5) is 0 Å². The quantitative estimate of drug-likeness (QED) is 0.743. The van der Waals surface area contributed by atoms with Crippen molar-refractivity contribution >= 4 is 15.9 Å². The minimum absolute atomic E-state index is 0.466. The van der Waals surface area contributed by atoms with E-state index in [1.54, 1.807) is 0 Å². The normalized spacial score (nSPS) is 31.2. The molecule has 3 unspecified atom stereocenters. The number of hydrogen-bond acceptors (Lipinski definition) is 2. The van der Waals surface area contributed by atoms with E-state index in [0.29, 0.717) is 23.9 Å². The van der Waals surface area contributed by atoms with E-state index >= 15 is 0 Å². The van der Waals surface area contributed by atoms with Crippen LogP contribution in [0.2, 0.25) is 0 Å². The van der Waals surface area contributed by atoms with Crippen LogP contribution in [-0.4, -0.2) is 12.1 Å². The average Bonchev–Trinajstić information content (AvgIpc) is 2.90. The van der Waals surface area contributed by atoms with Gasteiger partial charge in [-0.15, -0.1) is 0 Å². The van der Waals surface area contributed by atoms with Gasteiger partial charge in [0.05, 0.1) is 0 Å². The van der Waals surface area contributed by atoms with Crippen molar-refractivity contribution < 1.29 is 4.74 Å². The second-order valence-electron chi connectivity index (χ2n) is 7.17. The summed E-state index contributed by atoms with van der Waals surface area (Å²) in [5.41, 5.74) is 2.73. The van der Waals surface area contributed by atoms with Crippen molar-refractivity contribution in [3.63, 3.8) is 0 Å². The molecule has 3 aliphatic rings. The minimum Gasteiger partial charge on any atom is -0.457 e. The molecule has 118 valence electrons. The average molecular weight is 370 g/mol. The highest BCUT2D eigenvalue weighted by molar-refractivity contribution is 9.10. The summed E-state index contributed by atoms with van der Waals surface area (Å²) in [4.78, 5) is 0. The lowest BCUT2D eigenvalue weighted by Gasteiger charge is -2.38. The van der Waals surface area contributed by atoms with E-state index in [9.17, 15) is 0 Å². The van der Waals surface area contributed by atoms with E-state index < -0.39 is 0 Å². The van der Waals surface area contributed by atoms with Gasteiger partial charge in [0, 0.05) is 33.6 Å². The third kappa shape index (κ3) is 2.33. The summed E-state index contributed by atoms with van der Waals surface area (Å²) in [6.07, 6.45) is 5.26. The molecule has 1 N–H and O–H groups in total. The van der Waals surface area contributed by atoms with Gasteiger partial charge in [-0.05, 0) is 49.8 Å². The van der Waals surface area contributed by atoms with Crippen LogP contribution in [0.3, 0.4) is 0 Å². The molecule has 2 fully saturated rings. The predicted octanol–water partition coefficient (Wildman–Crippen LogP) is 5.22. The second-order valence-corrected chi connectivity index (χ2v) is 8.08. The Morgan fingerprint density at radius 1 is 0.913 bits per heavy atom. The Morgan fingerprint density at radius 2 is 1.65 bits per heavy atom. The largest absolute Gasteiger partial charge is 0.457 e. The molecule has 0 amide bonds. The molecule has 0 saturated carbocycles. The molecular formula is C20H20BrNO. The molecule has 5 rings (SSSR count). The van der Waals surface area contributed by atoms with Crippen molar-refractivity contribution in [1.29, 1.82) is 0 Å². The van der Waals surface area contributed by atoms with Crippen molar-refractivity contribution in [2.75, 3.05) is 0 Å². The van der Waals surface area contributed by atoms with Crippen molar-refractivity contribution in [1.82, 2.24) is 5.32 Å². The van der Waals surface area contributed by atoms with Gasteiger partial charge >= 0.3 is 0 Å². The van der Waals surface area contributed by atoms with Crippen molar-refractivity contribution in [2.45, 2.75) is 43.7 Å². The molecule has 23 heavy (non-hydrogen) atoms. The number of benzene rings is 2. The summed E-state index contributed by atoms with van der Waals surface area (Å²) in [6.45, 7) is 0. The van der Waals surface area contributed by atoms with Crippen LogP contribution in [-0.2, 0) is 0 Å². The SMILES string of the molecule is Brc1ccc2c(c1)Oc1ccccc1C2C1CC2CCC(C1)N2. The monoisotopic (exact) mass is 369 g/mol. The van der Waals surface area contributed by atoms with Crippen molar-refractivity contribution in [2.24, 2.45) is 5.92 Å². The summed E-state index contributed by atoms with van der Waals surface area (Å²) in [7, 11) is 0. The Bertz CT molecular complexity index is 747. The van der Waals surface area contributed by atoms with E-state index in [1.807, 2.05) is 0 Å². The molecule has 3 heterocycles. The number of rotatable bonds is 1. The number of fused-ring (bicyclic) bond motifs is 4. The molecule has 2 aromatic carbocycles. The molecule has 2 bridgehead atoms. The zero-order valence-corrected chi connectivity index (χ0v) is 14.6. The predicted molar refractivity (Wildman–Crippen MR) is 95.2 cm³/mol. The Hall–Kier alpha value is -1.32. The van der Waals surface area contributed by atoms with E-state index in [1.165, 1.54) is 36.8 Å². The maximum Gasteiger partial charge on any atom is 0.132 e. The Labute approximate surface area is 145 Å². The number of nitrogens with one attached hydrogen (secondary N) is 1. The van der Waals surface area contributed by atoms with Crippen LogP contribution in [0, 0.1) is 5.92 Å². The number of hydrogen-bond donors (Lipinski definition) is 1. The first kappa shape index (κ1) is 14.1. The zero-order valence-electron chi connectivity index (χ0n) is 13.0. The highest BCUT2D eigenvalue weighted by Crippen LogP contribution is 2.51. The van der Waals surface area contributed by atoms with Crippen LogP contribution in [0.15, 0.2) is 46.9 Å². The number of para-hydroxylation sites is 1. The molecular weight excluding hydrogens is 350 g/mol. The van der Waals surface area contributed by atoms with Crippen LogP contribution in [0.25, 0.3) is 0 Å². The summed E-state index contributed by atoms with van der Waals surface area (Å²) in [6, 6.07) is 16.5. The second kappa shape index (κ2) is 5.35. The smallest absolute Gasteiger partial charge is 0.132 e. The minimum atomic E-state index is 0.466. The van der Waals surface area contributed by atoms with E-state index in [0.717, 1.165) is 16.0 Å². The van der Waals surface area contributed by atoms with Crippen molar-refractivity contribution in [3.8, 4) is 11.5 Å². The Morgan fingerprint density at radius 3 is 2.48 bits per heavy atom. The first-order chi connectivity index (χ1) is 11.3. The van der Waals surface area contributed by atoms with Gasteiger partial charge in [-0.2, -0.15) is 0 Å². The highest BCUT2D eigenvalue weighted by Gasteiger charge is 2.40. The molecule has 0 radical (unpaired) electrons. The third-order valence-corrected chi connectivity index (χ3v) is 6.26. The van der Waals surface area contributed by atoms with Gasteiger partial charge in [0.2, 0.25) is 0 Å². The Kier molecular flexibility index (Phi) is 3.27. The van der Waals surface area contributed by atoms with Gasteiger partial charge in [-0.25, -0.2) is 0 Å². The molecule has 2 nitrogen and oxygen atoms in total. The van der Waals surface area contributed by atoms with Crippen LogP contribution in [0.5, 0.6) is 11.5 Å². The fraction of sp³-hybridized carbons (Fsp3) is 0.400. The lowest BCUT2D eigenvalue weighted by molar-refractivity contribution is 0.267. The fourth-order valence-corrected chi connectivity index (χ4v) is 5.19. The van der Waals surface area contributed by atoms with Crippen molar-refractivity contribution in [3.05, 3.63) is 58.1 Å². The maximum absolute atomic E-state index is 6.20. The van der Waals surface area contributed by atoms with Crippen LogP contribution in [0.1, 0.15) is 42.7 Å². The molecule has 3 atom stereocenters. The molecule has 3 heteroatoms. The molecule has 0 aromatic heterocycles. The standard InChI is InChI=1S/C20H20BrNO/c21-13-5-8-17-19(11-13)23-18-4-2-1-3-16(18)20(17)12-9-14-6-7-15(10-12)22-14/h1-5,8,11-12,14-15,20,22H,6-7,9-10H2. The summed E-state index contributed by atoms with van der Waals surface area (Å²) < 4.78 is 7.29. The van der Waals surface area contributed by atoms with Crippen LogP contribution >= 0.6 is 15.9 Å². The molecule has 0 spiro atoms. The summed E-state index contributed by atoms with van der Waals surface area (Å²) in [5.74, 6) is 3.23. The van der Waals surface area contributed by atoms with Gasteiger partial charge in [-0.3, -0.25) is 0 Å². The molecule has 2 saturated heterocycles. The molecule has 3 aliphatic heterocycles. The van der Waals surface area contributed by atoms with E-state index in [-0.39, 0.29) is 0 Å². The van der Waals surface area contributed by atoms with Gasteiger partial charge in [0.15, 0.2) is 0 Å². The van der Waals surface area contributed by atoms with E-state index in [4.69, 9.17) is 4.74 Å². The van der Waals surface area contributed by atoms with Gasteiger partial charge < -0.3 is 10.1 Å².